The number of hydrogen-bond acceptors (Lipinski definition) is 6. The Morgan fingerprint density at radius 1 is 1.05 bits per heavy atom. The van der Waals surface area contributed by atoms with Gasteiger partial charge in [0.1, 0.15) is 0 Å². The normalized spacial score (nSPS) is 24.0. The largest absolute Gasteiger partial charge is 0.377 e. The minimum Gasteiger partial charge on any atom is -0.377 e. The molecule has 0 aliphatic carbocycles. The van der Waals surface area contributed by atoms with Crippen LogP contribution in [0.5, 0.6) is 0 Å². The number of morpholine rings is 1. The van der Waals surface area contributed by atoms with Gasteiger partial charge in [0.15, 0.2) is 0 Å². The highest BCUT2D eigenvalue weighted by molar-refractivity contribution is 6.28. The third kappa shape index (κ3) is 2.96. The average molecular weight is 298 g/mol. The SMILES string of the molecule is CC1COCCN1c1nc(Cl)nc(N2CCCCC2)n1. The lowest BCUT2D eigenvalue weighted by atomic mass is 10.1. The summed E-state index contributed by atoms with van der Waals surface area (Å²) in [7, 11) is 0. The lowest BCUT2D eigenvalue weighted by molar-refractivity contribution is 0.0980. The summed E-state index contributed by atoms with van der Waals surface area (Å²) >= 11 is 6.09. The maximum atomic E-state index is 6.09. The van der Waals surface area contributed by atoms with E-state index in [4.69, 9.17) is 16.3 Å². The molecule has 0 spiro atoms. The van der Waals surface area contributed by atoms with Gasteiger partial charge in [-0.3, -0.25) is 0 Å². The number of anilines is 2. The predicted octanol–water partition coefficient (Wildman–Crippen LogP) is 1.74. The zero-order valence-corrected chi connectivity index (χ0v) is 12.5. The van der Waals surface area contributed by atoms with Crippen LogP contribution in [0.4, 0.5) is 11.9 Å². The average Bonchev–Trinajstić information content (AvgIpc) is 2.48. The van der Waals surface area contributed by atoms with E-state index >= 15 is 0 Å². The van der Waals surface area contributed by atoms with E-state index in [0.717, 1.165) is 19.6 Å². The van der Waals surface area contributed by atoms with Crippen LogP contribution in [0.3, 0.4) is 0 Å². The van der Waals surface area contributed by atoms with Crippen molar-refractivity contribution in [1.82, 2.24) is 15.0 Å². The standard InChI is InChI=1S/C13H20ClN5O/c1-10-9-20-8-7-19(10)13-16-11(14)15-12(17-13)18-5-3-2-4-6-18/h10H,2-9H2,1H3. The van der Waals surface area contributed by atoms with Crippen molar-refractivity contribution >= 4 is 23.5 Å². The lowest BCUT2D eigenvalue weighted by Gasteiger charge is -2.34. The molecule has 6 nitrogen and oxygen atoms in total. The van der Waals surface area contributed by atoms with Crippen molar-refractivity contribution in [3.8, 4) is 0 Å². The van der Waals surface area contributed by atoms with Gasteiger partial charge < -0.3 is 14.5 Å². The summed E-state index contributed by atoms with van der Waals surface area (Å²) in [6, 6.07) is 0.261. The summed E-state index contributed by atoms with van der Waals surface area (Å²) in [5, 5.41) is 0.272. The fraction of sp³-hybridized carbons (Fsp3) is 0.769. The van der Waals surface area contributed by atoms with E-state index in [-0.39, 0.29) is 11.3 Å². The molecule has 2 saturated heterocycles. The second-order valence-electron chi connectivity index (χ2n) is 5.37. The van der Waals surface area contributed by atoms with Crippen LogP contribution >= 0.6 is 11.6 Å². The van der Waals surface area contributed by atoms with Crippen LogP contribution in [0, 0.1) is 0 Å². The lowest BCUT2D eigenvalue weighted by Crippen LogP contribution is -2.45. The molecule has 1 aromatic heterocycles. The molecule has 0 bridgehead atoms. The second-order valence-corrected chi connectivity index (χ2v) is 5.71. The van der Waals surface area contributed by atoms with E-state index in [9.17, 15) is 0 Å². The zero-order chi connectivity index (χ0) is 13.9. The van der Waals surface area contributed by atoms with Crippen LogP contribution < -0.4 is 9.80 Å². The molecule has 0 aromatic carbocycles. The zero-order valence-electron chi connectivity index (χ0n) is 11.8. The molecule has 2 aliphatic heterocycles. The van der Waals surface area contributed by atoms with Crippen molar-refractivity contribution in [2.45, 2.75) is 32.2 Å². The van der Waals surface area contributed by atoms with Crippen LogP contribution in [0.15, 0.2) is 0 Å². The Balaban J connectivity index is 1.85. The number of nitrogens with zero attached hydrogens (tertiary/aromatic N) is 5. The van der Waals surface area contributed by atoms with Crippen LogP contribution in [0.1, 0.15) is 26.2 Å². The van der Waals surface area contributed by atoms with Gasteiger partial charge in [-0.15, -0.1) is 0 Å². The van der Waals surface area contributed by atoms with E-state index < -0.39 is 0 Å². The second kappa shape index (κ2) is 6.10. The Hall–Kier alpha value is -1.14. The molecule has 20 heavy (non-hydrogen) atoms. The summed E-state index contributed by atoms with van der Waals surface area (Å²) in [5.41, 5.74) is 0. The highest BCUT2D eigenvalue weighted by atomic mass is 35.5. The monoisotopic (exact) mass is 297 g/mol. The fourth-order valence-electron chi connectivity index (χ4n) is 2.72. The van der Waals surface area contributed by atoms with Gasteiger partial charge in [-0.1, -0.05) is 0 Å². The Labute approximate surface area is 124 Å². The first-order chi connectivity index (χ1) is 9.74. The number of rotatable bonds is 2. The van der Waals surface area contributed by atoms with Gasteiger partial charge in [-0.05, 0) is 37.8 Å². The highest BCUT2D eigenvalue weighted by Crippen LogP contribution is 2.22. The van der Waals surface area contributed by atoms with Gasteiger partial charge in [-0.2, -0.15) is 15.0 Å². The van der Waals surface area contributed by atoms with Crippen LogP contribution in [-0.2, 0) is 4.74 Å². The van der Waals surface area contributed by atoms with Gasteiger partial charge in [0.2, 0.25) is 17.2 Å². The topological polar surface area (TPSA) is 54.4 Å². The van der Waals surface area contributed by atoms with Crippen molar-refractivity contribution in [2.75, 3.05) is 42.6 Å². The molecule has 3 heterocycles. The smallest absolute Gasteiger partial charge is 0.231 e. The van der Waals surface area contributed by atoms with Crippen LogP contribution in [0.2, 0.25) is 5.28 Å². The number of piperidine rings is 1. The molecule has 110 valence electrons. The molecule has 1 aromatic rings. The minimum absolute atomic E-state index is 0.261. The maximum absolute atomic E-state index is 6.09. The summed E-state index contributed by atoms with van der Waals surface area (Å²) in [6.45, 7) is 6.30. The Bertz CT molecular complexity index is 466. The number of hydrogen-bond donors (Lipinski definition) is 0. The Kier molecular flexibility index (Phi) is 4.21. The molecular weight excluding hydrogens is 278 g/mol. The molecule has 0 N–H and O–H groups in total. The summed E-state index contributed by atoms with van der Waals surface area (Å²) < 4.78 is 5.45. The third-order valence-electron chi connectivity index (χ3n) is 3.85. The fourth-order valence-corrected chi connectivity index (χ4v) is 2.87. The molecule has 1 atom stereocenters. The molecular formula is C13H20ClN5O. The summed E-state index contributed by atoms with van der Waals surface area (Å²) in [5.74, 6) is 1.37. The Morgan fingerprint density at radius 2 is 1.80 bits per heavy atom. The van der Waals surface area contributed by atoms with E-state index in [1.165, 1.54) is 19.3 Å². The first-order valence-electron chi connectivity index (χ1n) is 7.25. The van der Waals surface area contributed by atoms with E-state index in [1.54, 1.807) is 0 Å². The number of ether oxygens (including phenoxy) is 1. The third-order valence-corrected chi connectivity index (χ3v) is 4.02. The van der Waals surface area contributed by atoms with Gasteiger partial charge in [0.05, 0.1) is 19.3 Å². The van der Waals surface area contributed by atoms with Crippen molar-refractivity contribution < 1.29 is 4.74 Å². The number of aromatic nitrogens is 3. The van der Waals surface area contributed by atoms with Crippen molar-refractivity contribution in [3.63, 3.8) is 0 Å². The van der Waals surface area contributed by atoms with E-state index in [1.807, 2.05) is 0 Å². The van der Waals surface area contributed by atoms with Crippen LogP contribution in [0.25, 0.3) is 0 Å². The molecule has 0 saturated carbocycles. The van der Waals surface area contributed by atoms with Crippen molar-refractivity contribution in [3.05, 3.63) is 5.28 Å². The molecule has 3 rings (SSSR count). The number of halogens is 1. The first-order valence-corrected chi connectivity index (χ1v) is 7.63. The molecule has 1 unspecified atom stereocenters. The van der Waals surface area contributed by atoms with Crippen molar-refractivity contribution in [2.24, 2.45) is 0 Å². The predicted molar refractivity (Wildman–Crippen MR) is 78.5 cm³/mol. The summed E-state index contributed by atoms with van der Waals surface area (Å²) in [6.07, 6.45) is 3.65. The van der Waals surface area contributed by atoms with Gasteiger partial charge in [0, 0.05) is 19.6 Å². The van der Waals surface area contributed by atoms with Gasteiger partial charge >= 0.3 is 0 Å². The van der Waals surface area contributed by atoms with E-state index in [0.29, 0.717) is 25.1 Å². The van der Waals surface area contributed by atoms with Crippen LogP contribution in [-0.4, -0.2) is 53.8 Å². The summed E-state index contributed by atoms with van der Waals surface area (Å²) in [4.78, 5) is 17.5. The van der Waals surface area contributed by atoms with E-state index in [2.05, 4.69) is 31.7 Å². The molecule has 2 fully saturated rings. The maximum Gasteiger partial charge on any atom is 0.231 e. The first kappa shape index (κ1) is 13.8. The molecule has 0 radical (unpaired) electrons. The molecule has 2 aliphatic rings. The molecule has 7 heteroatoms. The van der Waals surface area contributed by atoms with Crippen molar-refractivity contribution in [1.29, 1.82) is 0 Å². The molecule has 0 amide bonds. The minimum atomic E-state index is 0.261. The highest BCUT2D eigenvalue weighted by Gasteiger charge is 2.24. The van der Waals surface area contributed by atoms with Gasteiger partial charge in [0.25, 0.3) is 0 Å². The van der Waals surface area contributed by atoms with Gasteiger partial charge in [-0.25, -0.2) is 0 Å². The quantitative estimate of drug-likeness (QED) is 0.829. The Morgan fingerprint density at radius 3 is 2.55 bits per heavy atom.